The summed E-state index contributed by atoms with van der Waals surface area (Å²) >= 11 is 1.77. The zero-order chi connectivity index (χ0) is 17.5. The second-order valence-electron chi connectivity index (χ2n) is 6.55. The molecule has 1 heterocycles. The Labute approximate surface area is 154 Å². The second kappa shape index (κ2) is 8.99. The first-order chi connectivity index (χ1) is 12.3. The van der Waals surface area contributed by atoms with Gasteiger partial charge in [-0.05, 0) is 44.2 Å². The molecule has 2 N–H and O–H groups in total. The van der Waals surface area contributed by atoms with Crippen molar-refractivity contribution in [3.8, 4) is 0 Å². The molecule has 0 saturated carbocycles. The molecule has 1 aliphatic rings. The first-order valence-corrected chi connectivity index (χ1v) is 10.1. The quantitative estimate of drug-likeness (QED) is 0.613. The molecular formula is C20H28N4S. The van der Waals surface area contributed by atoms with E-state index in [4.69, 9.17) is 4.99 Å². The van der Waals surface area contributed by atoms with E-state index in [1.165, 1.54) is 40.3 Å². The molecule has 1 unspecified atom stereocenters. The lowest BCUT2D eigenvalue weighted by Crippen LogP contribution is -2.38. The molecule has 0 radical (unpaired) electrons. The molecule has 4 nitrogen and oxygen atoms in total. The van der Waals surface area contributed by atoms with Crippen LogP contribution in [0.15, 0.2) is 35.5 Å². The zero-order valence-corrected chi connectivity index (χ0v) is 16.0. The Hall–Kier alpha value is -1.88. The molecule has 1 aromatic heterocycles. The summed E-state index contributed by atoms with van der Waals surface area (Å²) < 4.78 is 0. The van der Waals surface area contributed by atoms with E-state index in [1.807, 2.05) is 6.20 Å². The van der Waals surface area contributed by atoms with Crippen molar-refractivity contribution in [2.75, 3.05) is 19.6 Å². The van der Waals surface area contributed by atoms with Crippen LogP contribution >= 0.6 is 11.3 Å². The lowest BCUT2D eigenvalue weighted by molar-refractivity contribution is 0.559. The van der Waals surface area contributed by atoms with E-state index in [1.54, 1.807) is 11.3 Å². The second-order valence-corrected chi connectivity index (χ2v) is 7.87. The minimum atomic E-state index is 0.544. The van der Waals surface area contributed by atoms with Crippen LogP contribution in [0.4, 0.5) is 0 Å². The monoisotopic (exact) mass is 356 g/mol. The highest BCUT2D eigenvalue weighted by Crippen LogP contribution is 2.31. The summed E-state index contributed by atoms with van der Waals surface area (Å²) in [5, 5.41) is 7.99. The Kier molecular flexibility index (Phi) is 6.45. The fourth-order valence-electron chi connectivity index (χ4n) is 3.39. The van der Waals surface area contributed by atoms with Crippen molar-refractivity contribution in [2.24, 2.45) is 4.99 Å². The van der Waals surface area contributed by atoms with Gasteiger partial charge in [0.15, 0.2) is 5.96 Å². The Bertz CT molecular complexity index is 707. The average Bonchev–Trinajstić information content (AvgIpc) is 3.05. The minimum absolute atomic E-state index is 0.544. The minimum Gasteiger partial charge on any atom is -0.357 e. The van der Waals surface area contributed by atoms with Crippen molar-refractivity contribution in [3.63, 3.8) is 0 Å². The molecule has 0 amide bonds. The van der Waals surface area contributed by atoms with E-state index in [0.717, 1.165) is 32.0 Å². The molecule has 1 aliphatic carbocycles. The molecule has 2 aromatic rings. The number of hydrogen-bond donors (Lipinski definition) is 2. The van der Waals surface area contributed by atoms with Gasteiger partial charge in [0, 0.05) is 43.0 Å². The number of benzene rings is 1. The number of nitrogens with one attached hydrogen (secondary N) is 2. The summed E-state index contributed by atoms with van der Waals surface area (Å²) in [6, 6.07) is 8.85. The third-order valence-electron chi connectivity index (χ3n) is 4.61. The lowest BCUT2D eigenvalue weighted by Gasteiger charge is -2.24. The highest BCUT2D eigenvalue weighted by Gasteiger charge is 2.19. The van der Waals surface area contributed by atoms with E-state index in [9.17, 15) is 0 Å². The number of hydrogen-bond acceptors (Lipinski definition) is 3. The molecule has 5 heteroatoms. The first-order valence-electron chi connectivity index (χ1n) is 9.27. The van der Waals surface area contributed by atoms with Crippen molar-refractivity contribution < 1.29 is 0 Å². The maximum absolute atomic E-state index is 4.85. The Morgan fingerprint density at radius 3 is 3.00 bits per heavy atom. The van der Waals surface area contributed by atoms with Crippen LogP contribution in [0, 0.1) is 6.92 Å². The van der Waals surface area contributed by atoms with Gasteiger partial charge in [0.2, 0.25) is 0 Å². The average molecular weight is 357 g/mol. The number of nitrogens with zero attached hydrogens (tertiary/aromatic N) is 2. The van der Waals surface area contributed by atoms with Crippen LogP contribution in [0.2, 0.25) is 0 Å². The fraction of sp³-hybridized carbons (Fsp3) is 0.500. The van der Waals surface area contributed by atoms with Gasteiger partial charge in [-0.25, -0.2) is 4.98 Å². The standard InChI is InChI=1S/C20H28N4S/c1-3-21-20(22-12-11-19-23-13-15(2)25-19)24-14-17-9-6-8-16-7-4-5-10-18(16)17/h4-5,7,10,13,17H,3,6,8-9,11-12,14H2,1-2H3,(H2,21,22,24). The topological polar surface area (TPSA) is 49.3 Å². The maximum atomic E-state index is 4.85. The summed E-state index contributed by atoms with van der Waals surface area (Å²) in [6.45, 7) is 6.80. The van der Waals surface area contributed by atoms with E-state index in [0.29, 0.717) is 5.92 Å². The molecule has 0 spiro atoms. The van der Waals surface area contributed by atoms with Gasteiger partial charge >= 0.3 is 0 Å². The van der Waals surface area contributed by atoms with Crippen molar-refractivity contribution in [2.45, 2.75) is 45.4 Å². The van der Waals surface area contributed by atoms with Crippen molar-refractivity contribution in [3.05, 3.63) is 51.5 Å². The molecule has 0 aliphatic heterocycles. The van der Waals surface area contributed by atoms with E-state index < -0.39 is 0 Å². The van der Waals surface area contributed by atoms with Gasteiger partial charge in [0.05, 0.1) is 5.01 Å². The largest absolute Gasteiger partial charge is 0.357 e. The van der Waals surface area contributed by atoms with Crippen LogP contribution in [0.25, 0.3) is 0 Å². The smallest absolute Gasteiger partial charge is 0.191 e. The molecule has 1 aromatic carbocycles. The van der Waals surface area contributed by atoms with Gasteiger partial charge in [-0.1, -0.05) is 24.3 Å². The van der Waals surface area contributed by atoms with Crippen LogP contribution in [0.3, 0.4) is 0 Å². The summed E-state index contributed by atoms with van der Waals surface area (Å²) in [7, 11) is 0. The highest BCUT2D eigenvalue weighted by molar-refractivity contribution is 7.11. The number of aryl methyl sites for hydroxylation is 2. The molecule has 0 bridgehead atoms. The first kappa shape index (κ1) is 17.9. The zero-order valence-electron chi connectivity index (χ0n) is 15.2. The Balaban J connectivity index is 1.57. The van der Waals surface area contributed by atoms with E-state index in [-0.39, 0.29) is 0 Å². The normalized spacial score (nSPS) is 17.2. The van der Waals surface area contributed by atoms with E-state index >= 15 is 0 Å². The van der Waals surface area contributed by atoms with Gasteiger partial charge < -0.3 is 10.6 Å². The number of aromatic nitrogens is 1. The predicted molar refractivity (Wildman–Crippen MR) is 107 cm³/mol. The molecular weight excluding hydrogens is 328 g/mol. The molecule has 25 heavy (non-hydrogen) atoms. The van der Waals surface area contributed by atoms with Crippen molar-refractivity contribution in [1.29, 1.82) is 0 Å². The van der Waals surface area contributed by atoms with Gasteiger partial charge in [-0.15, -0.1) is 11.3 Å². The van der Waals surface area contributed by atoms with Crippen LogP contribution in [0.1, 0.15) is 46.7 Å². The maximum Gasteiger partial charge on any atom is 0.191 e. The van der Waals surface area contributed by atoms with Crippen LogP contribution in [-0.2, 0) is 12.8 Å². The van der Waals surface area contributed by atoms with Crippen molar-refractivity contribution >= 4 is 17.3 Å². The summed E-state index contributed by atoms with van der Waals surface area (Å²) in [4.78, 5) is 10.5. The fourth-order valence-corrected chi connectivity index (χ4v) is 4.18. The predicted octanol–water partition coefficient (Wildman–Crippen LogP) is 3.67. The van der Waals surface area contributed by atoms with Gasteiger partial charge in [-0.2, -0.15) is 0 Å². The number of guanidine groups is 1. The number of rotatable bonds is 6. The molecule has 0 fully saturated rings. The lowest BCUT2D eigenvalue weighted by atomic mass is 9.83. The Morgan fingerprint density at radius 2 is 2.20 bits per heavy atom. The SMILES string of the molecule is CCNC(=NCC1CCCc2ccccc21)NCCc1ncc(C)s1. The third-order valence-corrected chi connectivity index (χ3v) is 5.58. The summed E-state index contributed by atoms with van der Waals surface area (Å²) in [5.41, 5.74) is 3.00. The van der Waals surface area contributed by atoms with E-state index in [2.05, 4.69) is 53.7 Å². The molecule has 3 rings (SSSR count). The Morgan fingerprint density at radius 1 is 1.32 bits per heavy atom. The number of thiazole rings is 1. The van der Waals surface area contributed by atoms with Crippen LogP contribution in [-0.4, -0.2) is 30.6 Å². The highest BCUT2D eigenvalue weighted by atomic mass is 32.1. The molecule has 134 valence electrons. The van der Waals surface area contributed by atoms with Crippen LogP contribution in [0.5, 0.6) is 0 Å². The number of aliphatic imine (C=N–C) groups is 1. The van der Waals surface area contributed by atoms with Crippen molar-refractivity contribution in [1.82, 2.24) is 15.6 Å². The van der Waals surface area contributed by atoms with Gasteiger partial charge in [0.1, 0.15) is 0 Å². The molecule has 1 atom stereocenters. The number of fused-ring (bicyclic) bond motifs is 1. The summed E-state index contributed by atoms with van der Waals surface area (Å²) in [5.74, 6) is 1.46. The summed E-state index contributed by atoms with van der Waals surface area (Å²) in [6.07, 6.45) is 6.60. The molecule has 0 saturated heterocycles. The van der Waals surface area contributed by atoms with Gasteiger partial charge in [-0.3, -0.25) is 4.99 Å². The van der Waals surface area contributed by atoms with Gasteiger partial charge in [0.25, 0.3) is 0 Å². The third kappa shape index (κ3) is 5.05. The van der Waals surface area contributed by atoms with Crippen LogP contribution < -0.4 is 10.6 Å².